The fourth-order valence-electron chi connectivity index (χ4n) is 2.26. The van der Waals surface area contributed by atoms with Crippen molar-refractivity contribution < 1.29 is 45.8 Å². The van der Waals surface area contributed by atoms with E-state index in [0.29, 0.717) is 22.6 Å². The second-order valence-electron chi connectivity index (χ2n) is 5.68. The van der Waals surface area contributed by atoms with Gasteiger partial charge in [-0.1, -0.05) is 24.3 Å². The van der Waals surface area contributed by atoms with Crippen LogP contribution in [0, 0.1) is 0 Å². The maximum atomic E-state index is 11.9. The second kappa shape index (κ2) is 17.2. The molecule has 0 atom stereocenters. The summed E-state index contributed by atoms with van der Waals surface area (Å²) in [6, 6.07) is 9.34. The molecule has 0 radical (unpaired) electrons. The van der Waals surface area contributed by atoms with E-state index >= 15 is 0 Å². The first-order valence-electron chi connectivity index (χ1n) is 8.32. The minimum absolute atomic E-state index is 0. The predicted molar refractivity (Wildman–Crippen MR) is 124 cm³/mol. The molecule has 2 aromatic carbocycles. The van der Waals surface area contributed by atoms with E-state index in [-0.39, 0.29) is 41.8 Å². The Morgan fingerprint density at radius 2 is 1.19 bits per heavy atom. The van der Waals surface area contributed by atoms with Crippen LogP contribution in [0.3, 0.4) is 0 Å². The SMILES string of the molecule is COc1cc(/C=C/C(=O)CC(=O)/C=C/c2ccc(O)c(OC)c2)ccc1O.N.N.[Cl][Pt][Cl]. The molecule has 0 spiro atoms. The number of phenols is 2. The van der Waals surface area contributed by atoms with Crippen LogP contribution in [0.4, 0.5) is 0 Å². The molecule has 180 valence electrons. The van der Waals surface area contributed by atoms with Gasteiger partial charge in [-0.25, -0.2) is 0 Å². The topological polar surface area (TPSA) is 163 Å². The van der Waals surface area contributed by atoms with Crippen LogP contribution in [0.5, 0.6) is 23.0 Å². The molecule has 2 aromatic rings. The summed E-state index contributed by atoms with van der Waals surface area (Å²) in [6.07, 6.45) is 5.44. The molecule has 0 heterocycles. The van der Waals surface area contributed by atoms with Crippen molar-refractivity contribution in [2.45, 2.75) is 6.42 Å². The normalized spacial score (nSPS) is 10.0. The predicted octanol–water partition coefficient (Wildman–Crippen LogP) is 5.07. The first-order chi connectivity index (χ1) is 14.3. The van der Waals surface area contributed by atoms with E-state index in [4.69, 9.17) is 28.3 Å². The summed E-state index contributed by atoms with van der Waals surface area (Å²) in [6.45, 7) is 0. The van der Waals surface area contributed by atoms with Gasteiger partial charge in [-0.05, 0) is 47.5 Å². The summed E-state index contributed by atoms with van der Waals surface area (Å²) in [5.74, 6) is -0.0832. The number of benzene rings is 2. The number of halogens is 2. The quantitative estimate of drug-likeness (QED) is 0.224. The average Bonchev–Trinajstić information content (AvgIpc) is 2.73. The maximum absolute atomic E-state index is 11.9. The van der Waals surface area contributed by atoms with Crippen LogP contribution >= 0.6 is 18.8 Å². The Kier molecular flexibility index (Phi) is 17.1. The van der Waals surface area contributed by atoms with Crippen molar-refractivity contribution in [3.05, 3.63) is 59.7 Å². The number of ketones is 2. The van der Waals surface area contributed by atoms with Crippen LogP contribution in [0.2, 0.25) is 0 Å². The number of methoxy groups -OCH3 is 2. The summed E-state index contributed by atoms with van der Waals surface area (Å²) in [5.41, 5.74) is 1.33. The minimum atomic E-state index is -0.472. The number of ether oxygens (including phenoxy) is 2. The van der Waals surface area contributed by atoms with Gasteiger partial charge in [0.05, 0.1) is 20.6 Å². The molecular weight excluding hydrogens is 642 g/mol. The Hall–Kier alpha value is -2.35. The van der Waals surface area contributed by atoms with Gasteiger partial charge in [0.25, 0.3) is 0 Å². The third kappa shape index (κ3) is 11.3. The van der Waals surface area contributed by atoms with E-state index in [1.165, 1.54) is 38.5 Å². The van der Waals surface area contributed by atoms with E-state index < -0.39 is 16.5 Å². The van der Waals surface area contributed by atoms with E-state index in [1.54, 1.807) is 36.4 Å². The number of phenolic OH excluding ortho intramolecular Hbond substituents is 2. The van der Waals surface area contributed by atoms with Gasteiger partial charge in [0.15, 0.2) is 34.6 Å². The van der Waals surface area contributed by atoms with Gasteiger partial charge in [0, 0.05) is 0 Å². The zero-order valence-corrected chi connectivity index (χ0v) is 21.3. The van der Waals surface area contributed by atoms with Crippen LogP contribution in [0.15, 0.2) is 48.6 Å². The Bertz CT molecular complexity index is 865. The van der Waals surface area contributed by atoms with Gasteiger partial charge in [-0.3, -0.25) is 9.59 Å². The number of carbonyl (C=O) groups is 2. The number of hydrogen-bond donors (Lipinski definition) is 4. The summed E-state index contributed by atoms with van der Waals surface area (Å²) in [5, 5.41) is 19.1. The van der Waals surface area contributed by atoms with Crippen molar-refractivity contribution in [3.8, 4) is 23.0 Å². The van der Waals surface area contributed by atoms with Crippen LogP contribution in [-0.4, -0.2) is 36.0 Å². The summed E-state index contributed by atoms with van der Waals surface area (Å²) in [4.78, 5) is 23.9. The van der Waals surface area contributed by atoms with Gasteiger partial charge in [0.2, 0.25) is 0 Å². The van der Waals surface area contributed by atoms with E-state index in [0.717, 1.165) is 0 Å². The van der Waals surface area contributed by atoms with Gasteiger partial charge >= 0.3 is 35.3 Å². The molecule has 0 amide bonds. The fourth-order valence-corrected chi connectivity index (χ4v) is 2.26. The second-order valence-corrected chi connectivity index (χ2v) is 8.97. The fraction of sp³-hybridized carbons (Fsp3) is 0.143. The molecule has 0 aliphatic carbocycles. The summed E-state index contributed by atoms with van der Waals surface area (Å²) >= 11 is -0.472. The van der Waals surface area contributed by atoms with Crippen molar-refractivity contribution in [3.63, 3.8) is 0 Å². The van der Waals surface area contributed by atoms with Crippen molar-refractivity contribution in [2.24, 2.45) is 0 Å². The molecule has 8 N–H and O–H groups in total. The molecule has 0 aromatic heterocycles. The average molecular weight is 668 g/mol. The zero-order chi connectivity index (χ0) is 22.5. The van der Waals surface area contributed by atoms with Gasteiger partial charge < -0.3 is 32.0 Å². The van der Waals surface area contributed by atoms with Gasteiger partial charge in [-0.2, -0.15) is 0 Å². The molecule has 2 rings (SSSR count). The number of hydrogen-bond acceptors (Lipinski definition) is 8. The molecule has 8 nitrogen and oxygen atoms in total. The molecule has 0 saturated carbocycles. The molecule has 0 bridgehead atoms. The molecule has 0 unspecified atom stereocenters. The number of allylic oxidation sites excluding steroid dienone is 2. The van der Waals surface area contributed by atoms with Crippen molar-refractivity contribution in [1.29, 1.82) is 0 Å². The third-order valence-corrected chi connectivity index (χ3v) is 3.68. The van der Waals surface area contributed by atoms with Crippen LogP contribution in [-0.2, 0) is 26.1 Å². The Morgan fingerprint density at radius 3 is 1.50 bits per heavy atom. The molecule has 0 aliphatic rings. The Labute approximate surface area is 203 Å². The molecule has 0 aliphatic heterocycles. The molecule has 11 heteroatoms. The van der Waals surface area contributed by atoms with Gasteiger partial charge in [-0.15, -0.1) is 0 Å². The Balaban J connectivity index is 0. The molecular formula is C21H26Cl2N2O6Pt. The van der Waals surface area contributed by atoms with E-state index in [9.17, 15) is 19.8 Å². The molecule has 32 heavy (non-hydrogen) atoms. The van der Waals surface area contributed by atoms with Crippen molar-refractivity contribution >= 4 is 42.6 Å². The third-order valence-electron chi connectivity index (χ3n) is 3.68. The van der Waals surface area contributed by atoms with Crippen LogP contribution in [0.25, 0.3) is 12.2 Å². The number of carbonyl (C=O) groups excluding carboxylic acids is 2. The monoisotopic (exact) mass is 667 g/mol. The van der Waals surface area contributed by atoms with Crippen LogP contribution in [0.1, 0.15) is 17.5 Å². The van der Waals surface area contributed by atoms with Gasteiger partial charge in [0.1, 0.15) is 0 Å². The number of aromatic hydroxyl groups is 2. The zero-order valence-electron chi connectivity index (χ0n) is 17.5. The van der Waals surface area contributed by atoms with Crippen LogP contribution < -0.4 is 21.8 Å². The Morgan fingerprint density at radius 1 is 0.844 bits per heavy atom. The summed E-state index contributed by atoms with van der Waals surface area (Å²) < 4.78 is 10.00. The van der Waals surface area contributed by atoms with Crippen molar-refractivity contribution in [1.82, 2.24) is 12.3 Å². The molecule has 0 fully saturated rings. The summed E-state index contributed by atoms with van der Waals surface area (Å²) in [7, 11) is 12.6. The molecule has 0 saturated heterocycles. The van der Waals surface area contributed by atoms with E-state index in [2.05, 4.69) is 0 Å². The first kappa shape index (κ1) is 31.8. The van der Waals surface area contributed by atoms with E-state index in [1.807, 2.05) is 0 Å². The van der Waals surface area contributed by atoms with Crippen molar-refractivity contribution in [2.75, 3.05) is 14.2 Å². The first-order valence-corrected chi connectivity index (χ1v) is 14.0. The number of rotatable bonds is 8. The standard InChI is InChI=1S/C21H20O6.2ClH.2H3N.Pt/c1-26-20-11-14(5-9-18(20)24)3-7-16(22)13-17(23)8-4-15-6-10-19(25)21(12-15)27-2;;;;;/h3-12,24-25H,13H2,1-2H3;2*1H;2*1H3;/q;;;;;+2/p-2/b7-3+,8-4+;;;;;.